The summed E-state index contributed by atoms with van der Waals surface area (Å²) in [6.07, 6.45) is 1.19. The molecule has 1 heteroatoms. The monoisotopic (exact) mass is 155 g/mol. The zero-order chi connectivity index (χ0) is 9.07. The van der Waals surface area contributed by atoms with Gasteiger partial charge in [0.1, 0.15) is 0 Å². The topological polar surface area (TPSA) is 12.4 Å². The molecule has 0 amide bonds. The second-order valence-corrected chi connectivity index (χ2v) is 4.19. The van der Waals surface area contributed by atoms with Crippen LogP contribution in [0.3, 0.4) is 0 Å². The Morgan fingerprint density at radius 2 is 1.82 bits per heavy atom. The summed E-state index contributed by atoms with van der Waals surface area (Å²) >= 11 is 0. The second-order valence-electron chi connectivity index (χ2n) is 4.19. The van der Waals surface area contributed by atoms with Crippen LogP contribution < -0.4 is 0 Å². The van der Waals surface area contributed by atoms with Crippen molar-refractivity contribution in [2.75, 3.05) is 7.05 Å². The zero-order valence-corrected chi connectivity index (χ0v) is 8.73. The van der Waals surface area contributed by atoms with Gasteiger partial charge in [0.2, 0.25) is 0 Å². The molecule has 0 N–H and O–H groups in total. The van der Waals surface area contributed by atoms with Gasteiger partial charge in [-0.05, 0) is 18.8 Å². The normalized spacial score (nSPS) is 16.7. The molecule has 0 aromatic rings. The molecule has 0 aliphatic carbocycles. The first-order valence-electron chi connectivity index (χ1n) is 4.36. The maximum Gasteiger partial charge on any atom is 0.0276 e. The summed E-state index contributed by atoms with van der Waals surface area (Å²) in [4.78, 5) is 4.24. The molecule has 66 valence electrons. The minimum atomic E-state index is 0.359. The van der Waals surface area contributed by atoms with Crippen LogP contribution in [0.1, 0.15) is 41.0 Å². The Balaban J connectivity index is 4.42. The van der Waals surface area contributed by atoms with Crippen LogP contribution >= 0.6 is 0 Å². The predicted molar refractivity (Wildman–Crippen MR) is 52.3 cm³/mol. The van der Waals surface area contributed by atoms with E-state index >= 15 is 0 Å². The molecule has 0 rings (SSSR count). The maximum absolute atomic E-state index is 4.24. The molecular weight excluding hydrogens is 134 g/mol. The minimum absolute atomic E-state index is 0.359. The number of nitrogens with zero attached hydrogens (tertiary/aromatic N) is 1. The third-order valence-corrected chi connectivity index (χ3v) is 2.31. The van der Waals surface area contributed by atoms with Gasteiger partial charge in [-0.15, -0.1) is 0 Å². The molecule has 0 radical (unpaired) electrons. The highest BCUT2D eigenvalue weighted by molar-refractivity contribution is 5.84. The summed E-state index contributed by atoms with van der Waals surface area (Å²) in [7, 11) is 1.88. The molecule has 0 saturated heterocycles. The van der Waals surface area contributed by atoms with E-state index in [2.05, 4.69) is 39.6 Å². The minimum Gasteiger partial charge on any atom is -0.297 e. The van der Waals surface area contributed by atoms with Gasteiger partial charge < -0.3 is 0 Å². The number of aliphatic imine (C=N–C) groups is 1. The number of hydrogen-bond acceptors (Lipinski definition) is 1. The highest BCUT2D eigenvalue weighted by Crippen LogP contribution is 2.29. The van der Waals surface area contributed by atoms with E-state index in [0.29, 0.717) is 11.3 Å². The summed E-state index contributed by atoms with van der Waals surface area (Å²) in [6.45, 7) is 11.2. The fourth-order valence-electron chi connectivity index (χ4n) is 1.69. The molecule has 0 aromatic carbocycles. The standard InChI is InChI=1S/C10H21N/c1-7-9(8(2)11-6)10(3,4)5/h9H,7H2,1-6H3/t9-/m1/s1. The zero-order valence-electron chi connectivity index (χ0n) is 8.73. The van der Waals surface area contributed by atoms with Gasteiger partial charge in [-0.1, -0.05) is 27.7 Å². The lowest BCUT2D eigenvalue weighted by molar-refractivity contribution is 0.304. The molecule has 0 aliphatic rings. The molecular formula is C10H21N. The van der Waals surface area contributed by atoms with E-state index in [1.807, 2.05) is 7.05 Å². The van der Waals surface area contributed by atoms with E-state index in [9.17, 15) is 0 Å². The van der Waals surface area contributed by atoms with Crippen molar-refractivity contribution < 1.29 is 0 Å². The number of hydrogen-bond donors (Lipinski definition) is 0. The van der Waals surface area contributed by atoms with Crippen LogP contribution in [0.5, 0.6) is 0 Å². The van der Waals surface area contributed by atoms with Crippen LogP contribution in [-0.2, 0) is 0 Å². The Bertz CT molecular complexity index is 139. The van der Waals surface area contributed by atoms with E-state index in [-0.39, 0.29) is 0 Å². The molecule has 0 saturated carbocycles. The highest BCUT2D eigenvalue weighted by atomic mass is 14.7. The Hall–Kier alpha value is -0.330. The van der Waals surface area contributed by atoms with E-state index in [0.717, 1.165) is 0 Å². The SMILES string of the molecule is CC[C@H](C(C)=NC)C(C)(C)C. The average Bonchev–Trinajstić information content (AvgIpc) is 1.86. The van der Waals surface area contributed by atoms with Crippen molar-refractivity contribution in [1.29, 1.82) is 0 Å². The molecule has 0 unspecified atom stereocenters. The summed E-state index contributed by atoms with van der Waals surface area (Å²) in [5, 5.41) is 0. The Morgan fingerprint density at radius 1 is 1.36 bits per heavy atom. The maximum atomic E-state index is 4.24. The van der Waals surface area contributed by atoms with Crippen molar-refractivity contribution in [1.82, 2.24) is 0 Å². The van der Waals surface area contributed by atoms with Crippen LogP contribution in [0.2, 0.25) is 0 Å². The fourth-order valence-corrected chi connectivity index (χ4v) is 1.69. The lowest BCUT2D eigenvalue weighted by Gasteiger charge is -2.29. The molecule has 0 spiro atoms. The lowest BCUT2D eigenvalue weighted by Crippen LogP contribution is -2.26. The van der Waals surface area contributed by atoms with Crippen molar-refractivity contribution in [2.24, 2.45) is 16.3 Å². The summed E-state index contributed by atoms with van der Waals surface area (Å²) in [5.41, 5.74) is 1.64. The summed E-state index contributed by atoms with van der Waals surface area (Å²) < 4.78 is 0. The van der Waals surface area contributed by atoms with E-state index < -0.39 is 0 Å². The first kappa shape index (κ1) is 10.7. The van der Waals surface area contributed by atoms with E-state index in [4.69, 9.17) is 0 Å². The summed E-state index contributed by atoms with van der Waals surface area (Å²) in [6, 6.07) is 0. The quantitative estimate of drug-likeness (QED) is 0.543. The predicted octanol–water partition coefficient (Wildman–Crippen LogP) is 3.15. The largest absolute Gasteiger partial charge is 0.297 e. The van der Waals surface area contributed by atoms with Gasteiger partial charge in [-0.25, -0.2) is 0 Å². The van der Waals surface area contributed by atoms with Crippen molar-refractivity contribution in [3.05, 3.63) is 0 Å². The van der Waals surface area contributed by atoms with E-state index in [1.54, 1.807) is 0 Å². The molecule has 0 aliphatic heterocycles. The Labute approximate surface area is 70.9 Å². The van der Waals surface area contributed by atoms with Gasteiger partial charge in [0.05, 0.1) is 0 Å². The Morgan fingerprint density at radius 3 is 1.91 bits per heavy atom. The first-order chi connectivity index (χ1) is 4.93. The highest BCUT2D eigenvalue weighted by Gasteiger charge is 2.24. The number of rotatable bonds is 2. The Kier molecular flexibility index (Phi) is 3.77. The first-order valence-corrected chi connectivity index (χ1v) is 4.36. The third-order valence-electron chi connectivity index (χ3n) is 2.31. The van der Waals surface area contributed by atoms with Gasteiger partial charge in [0.25, 0.3) is 0 Å². The van der Waals surface area contributed by atoms with E-state index in [1.165, 1.54) is 12.1 Å². The lowest BCUT2D eigenvalue weighted by atomic mass is 9.76. The molecule has 1 atom stereocenters. The van der Waals surface area contributed by atoms with Gasteiger partial charge in [0, 0.05) is 18.7 Å². The molecule has 11 heavy (non-hydrogen) atoms. The van der Waals surface area contributed by atoms with Crippen molar-refractivity contribution >= 4 is 5.71 Å². The van der Waals surface area contributed by atoms with Crippen molar-refractivity contribution in [2.45, 2.75) is 41.0 Å². The van der Waals surface area contributed by atoms with Crippen LogP contribution in [0.4, 0.5) is 0 Å². The third kappa shape index (κ3) is 3.04. The van der Waals surface area contributed by atoms with Gasteiger partial charge >= 0.3 is 0 Å². The average molecular weight is 155 g/mol. The summed E-state index contributed by atoms with van der Waals surface area (Å²) in [5.74, 6) is 0.632. The smallest absolute Gasteiger partial charge is 0.0276 e. The van der Waals surface area contributed by atoms with Gasteiger partial charge in [-0.2, -0.15) is 0 Å². The van der Waals surface area contributed by atoms with Crippen molar-refractivity contribution in [3.63, 3.8) is 0 Å². The fraction of sp³-hybridized carbons (Fsp3) is 0.900. The van der Waals surface area contributed by atoms with Crippen LogP contribution in [0, 0.1) is 11.3 Å². The van der Waals surface area contributed by atoms with Crippen LogP contribution in [0.15, 0.2) is 4.99 Å². The molecule has 0 bridgehead atoms. The van der Waals surface area contributed by atoms with Crippen LogP contribution in [0.25, 0.3) is 0 Å². The van der Waals surface area contributed by atoms with Crippen LogP contribution in [-0.4, -0.2) is 12.8 Å². The van der Waals surface area contributed by atoms with Crippen molar-refractivity contribution in [3.8, 4) is 0 Å². The second kappa shape index (κ2) is 3.89. The molecule has 1 nitrogen and oxygen atoms in total. The molecule has 0 heterocycles. The van der Waals surface area contributed by atoms with Gasteiger partial charge in [-0.3, -0.25) is 4.99 Å². The molecule has 0 fully saturated rings. The van der Waals surface area contributed by atoms with Gasteiger partial charge in [0.15, 0.2) is 0 Å². The molecule has 0 aromatic heterocycles.